The zero-order valence-corrected chi connectivity index (χ0v) is 16.7. The van der Waals surface area contributed by atoms with E-state index < -0.39 is 16.8 Å². The molecule has 10 heteroatoms. The van der Waals surface area contributed by atoms with E-state index in [0.29, 0.717) is 17.1 Å². The number of amides is 1. The highest BCUT2D eigenvalue weighted by Crippen LogP contribution is 2.27. The van der Waals surface area contributed by atoms with Gasteiger partial charge in [0, 0.05) is 17.7 Å². The lowest BCUT2D eigenvalue weighted by Crippen LogP contribution is -2.19. The summed E-state index contributed by atoms with van der Waals surface area (Å²) in [5.74, 6) is -0.286. The van der Waals surface area contributed by atoms with Crippen LogP contribution in [0.25, 0.3) is 0 Å². The summed E-state index contributed by atoms with van der Waals surface area (Å²) in [6.45, 7) is 3.23. The van der Waals surface area contributed by atoms with Gasteiger partial charge in [0.05, 0.1) is 24.4 Å². The molecular weight excluding hydrogens is 394 g/mol. The Balaban J connectivity index is 1.97. The topological polar surface area (TPSA) is 129 Å². The molecule has 0 spiro atoms. The van der Waals surface area contributed by atoms with Gasteiger partial charge in [-0.1, -0.05) is 0 Å². The molecule has 2 aromatic rings. The lowest BCUT2D eigenvalue weighted by molar-refractivity contribution is -0.384. The number of hydrazone groups is 1. The maximum absolute atomic E-state index is 12.0. The molecule has 0 aromatic heterocycles. The number of nitro benzene ring substituents is 1. The molecule has 0 saturated heterocycles. The molecule has 30 heavy (non-hydrogen) atoms. The molecule has 1 N–H and O–H groups in total. The molecule has 1 amide bonds. The average molecular weight is 415 g/mol. The van der Waals surface area contributed by atoms with Gasteiger partial charge in [-0.15, -0.1) is 0 Å². The van der Waals surface area contributed by atoms with Gasteiger partial charge < -0.3 is 14.2 Å². The Labute approximate surface area is 172 Å². The van der Waals surface area contributed by atoms with Gasteiger partial charge in [0.15, 0.2) is 18.1 Å². The Morgan fingerprint density at radius 3 is 2.47 bits per heavy atom. The summed E-state index contributed by atoms with van der Waals surface area (Å²) in [6, 6.07) is 10.0. The van der Waals surface area contributed by atoms with Crippen molar-refractivity contribution in [1.82, 2.24) is 5.43 Å². The first-order valence-corrected chi connectivity index (χ1v) is 8.88. The quantitative estimate of drug-likeness (QED) is 0.288. The van der Waals surface area contributed by atoms with E-state index >= 15 is 0 Å². The van der Waals surface area contributed by atoms with Crippen molar-refractivity contribution in [2.75, 3.05) is 13.7 Å². The number of esters is 1. The molecule has 0 saturated carbocycles. The molecular formula is C20H21N3O7. The molecule has 0 unspecified atom stereocenters. The SMILES string of the molecule is COc1cc(/C=N/NC(=O)c2ccc([N+](=O)[O-])cc2)ccc1OCC(=O)OC(C)C. The molecule has 0 aliphatic rings. The maximum Gasteiger partial charge on any atom is 0.344 e. The fourth-order valence-corrected chi connectivity index (χ4v) is 2.28. The highest BCUT2D eigenvalue weighted by molar-refractivity contribution is 5.95. The zero-order chi connectivity index (χ0) is 22.1. The van der Waals surface area contributed by atoms with Crippen LogP contribution in [0.5, 0.6) is 11.5 Å². The second-order valence-electron chi connectivity index (χ2n) is 6.24. The molecule has 0 bridgehead atoms. The smallest absolute Gasteiger partial charge is 0.344 e. The predicted octanol–water partition coefficient (Wildman–Crippen LogP) is 2.70. The first-order valence-electron chi connectivity index (χ1n) is 8.88. The van der Waals surface area contributed by atoms with Gasteiger partial charge in [-0.25, -0.2) is 10.2 Å². The van der Waals surface area contributed by atoms with Crippen LogP contribution in [0.4, 0.5) is 5.69 Å². The van der Waals surface area contributed by atoms with Crippen LogP contribution in [-0.2, 0) is 9.53 Å². The monoisotopic (exact) mass is 415 g/mol. The van der Waals surface area contributed by atoms with Gasteiger partial charge in [-0.3, -0.25) is 14.9 Å². The Hall–Kier alpha value is -3.95. The van der Waals surface area contributed by atoms with Gasteiger partial charge in [-0.2, -0.15) is 5.10 Å². The third-order valence-corrected chi connectivity index (χ3v) is 3.62. The van der Waals surface area contributed by atoms with Crippen LogP contribution >= 0.6 is 0 Å². The second-order valence-corrected chi connectivity index (χ2v) is 6.24. The number of rotatable bonds is 9. The van der Waals surface area contributed by atoms with Crippen molar-refractivity contribution in [3.8, 4) is 11.5 Å². The van der Waals surface area contributed by atoms with Crippen LogP contribution in [0.1, 0.15) is 29.8 Å². The minimum absolute atomic E-state index is 0.109. The van der Waals surface area contributed by atoms with Gasteiger partial charge >= 0.3 is 5.97 Å². The maximum atomic E-state index is 12.0. The number of ether oxygens (including phenoxy) is 3. The van der Waals surface area contributed by atoms with Gasteiger partial charge in [0.1, 0.15) is 0 Å². The van der Waals surface area contributed by atoms with E-state index in [1.807, 2.05) is 0 Å². The fourth-order valence-electron chi connectivity index (χ4n) is 2.28. The highest BCUT2D eigenvalue weighted by Gasteiger charge is 2.11. The molecule has 0 aliphatic heterocycles. The number of hydrogen-bond acceptors (Lipinski definition) is 8. The van der Waals surface area contributed by atoms with Crippen molar-refractivity contribution in [3.63, 3.8) is 0 Å². The molecule has 0 aliphatic carbocycles. The normalized spacial score (nSPS) is 10.7. The number of benzene rings is 2. The molecule has 2 rings (SSSR count). The van der Waals surface area contributed by atoms with Crippen LogP contribution in [0, 0.1) is 10.1 Å². The number of nitrogens with one attached hydrogen (secondary N) is 1. The van der Waals surface area contributed by atoms with Crippen molar-refractivity contribution >= 4 is 23.8 Å². The highest BCUT2D eigenvalue weighted by atomic mass is 16.6. The molecule has 0 heterocycles. The van der Waals surface area contributed by atoms with E-state index in [4.69, 9.17) is 14.2 Å². The van der Waals surface area contributed by atoms with E-state index in [9.17, 15) is 19.7 Å². The Bertz CT molecular complexity index is 940. The number of carbonyl (C=O) groups is 2. The molecule has 0 fully saturated rings. The van der Waals surface area contributed by atoms with E-state index in [1.54, 1.807) is 32.0 Å². The summed E-state index contributed by atoms with van der Waals surface area (Å²) >= 11 is 0. The lowest BCUT2D eigenvalue weighted by atomic mass is 10.2. The van der Waals surface area contributed by atoms with E-state index in [-0.39, 0.29) is 24.0 Å². The third-order valence-electron chi connectivity index (χ3n) is 3.62. The number of hydrogen-bond donors (Lipinski definition) is 1. The summed E-state index contributed by atoms with van der Waals surface area (Å²) in [5, 5.41) is 14.5. The van der Waals surface area contributed by atoms with Crippen LogP contribution in [-0.4, -0.2) is 42.8 Å². The minimum atomic E-state index is -0.548. The van der Waals surface area contributed by atoms with Crippen molar-refractivity contribution < 1.29 is 28.7 Å². The summed E-state index contributed by atoms with van der Waals surface area (Å²) in [6.07, 6.45) is 1.16. The third kappa shape index (κ3) is 6.59. The number of carbonyl (C=O) groups excluding carboxylic acids is 2. The van der Waals surface area contributed by atoms with Crippen LogP contribution in [0.15, 0.2) is 47.6 Å². The van der Waals surface area contributed by atoms with Crippen molar-refractivity contribution in [2.24, 2.45) is 5.10 Å². The predicted molar refractivity (Wildman–Crippen MR) is 108 cm³/mol. The number of nitro groups is 1. The fraction of sp³-hybridized carbons (Fsp3) is 0.250. The summed E-state index contributed by atoms with van der Waals surface area (Å²) in [7, 11) is 1.45. The van der Waals surface area contributed by atoms with Crippen LogP contribution < -0.4 is 14.9 Å². The van der Waals surface area contributed by atoms with Crippen LogP contribution in [0.3, 0.4) is 0 Å². The molecule has 0 radical (unpaired) electrons. The van der Waals surface area contributed by atoms with E-state index in [1.165, 1.54) is 37.6 Å². The minimum Gasteiger partial charge on any atom is -0.493 e. The first-order chi connectivity index (χ1) is 14.3. The van der Waals surface area contributed by atoms with Gasteiger partial charge in [-0.05, 0) is 49.7 Å². The van der Waals surface area contributed by atoms with E-state index in [2.05, 4.69) is 10.5 Å². The number of methoxy groups -OCH3 is 1. The second kappa shape index (κ2) is 10.6. The largest absolute Gasteiger partial charge is 0.493 e. The molecule has 158 valence electrons. The van der Waals surface area contributed by atoms with Crippen molar-refractivity contribution in [3.05, 3.63) is 63.7 Å². The Kier molecular flexibility index (Phi) is 7.86. The van der Waals surface area contributed by atoms with Crippen LogP contribution in [0.2, 0.25) is 0 Å². The standard InChI is InChI=1S/C20H21N3O7/c1-13(2)30-19(24)12-29-17-9-4-14(10-18(17)28-3)11-21-22-20(25)15-5-7-16(8-6-15)23(26)27/h4-11,13H,12H2,1-3H3,(H,22,25)/b21-11+. The van der Waals surface area contributed by atoms with Gasteiger partial charge in [0.2, 0.25) is 0 Å². The summed E-state index contributed by atoms with van der Waals surface area (Å²) in [4.78, 5) is 33.7. The Morgan fingerprint density at radius 1 is 1.17 bits per heavy atom. The molecule has 0 atom stereocenters. The summed E-state index contributed by atoms with van der Waals surface area (Å²) < 4.78 is 15.7. The van der Waals surface area contributed by atoms with Gasteiger partial charge in [0.25, 0.3) is 11.6 Å². The van der Waals surface area contributed by atoms with Crippen molar-refractivity contribution in [2.45, 2.75) is 20.0 Å². The summed E-state index contributed by atoms with van der Waals surface area (Å²) in [5.41, 5.74) is 3.06. The molecule has 2 aromatic carbocycles. The number of nitrogens with zero attached hydrogens (tertiary/aromatic N) is 2. The van der Waals surface area contributed by atoms with Crippen molar-refractivity contribution in [1.29, 1.82) is 0 Å². The number of non-ortho nitro benzene ring substituents is 1. The average Bonchev–Trinajstić information content (AvgIpc) is 2.72. The lowest BCUT2D eigenvalue weighted by Gasteiger charge is -2.12. The van der Waals surface area contributed by atoms with E-state index in [0.717, 1.165) is 0 Å². The zero-order valence-electron chi connectivity index (χ0n) is 16.7. The Morgan fingerprint density at radius 2 is 1.87 bits per heavy atom. The molecule has 10 nitrogen and oxygen atoms in total. The first kappa shape index (κ1) is 22.3.